The van der Waals surface area contributed by atoms with Gasteiger partial charge in [0.1, 0.15) is 6.07 Å². The minimum atomic E-state index is 0.247. The van der Waals surface area contributed by atoms with Crippen LogP contribution in [0.3, 0.4) is 0 Å². The first-order chi connectivity index (χ1) is 8.35. The van der Waals surface area contributed by atoms with Crippen molar-refractivity contribution in [1.29, 1.82) is 5.26 Å². The number of aliphatic hydroxyl groups is 1. The van der Waals surface area contributed by atoms with Crippen molar-refractivity contribution in [3.05, 3.63) is 24.0 Å². The van der Waals surface area contributed by atoms with Crippen LogP contribution in [0.2, 0.25) is 0 Å². The quantitative estimate of drug-likeness (QED) is 0.857. The molecular formula is C13H17N3O. The SMILES string of the molecule is N#Cc1ncccc1N1CCCC(CCO)C1. The molecule has 1 N–H and O–H groups in total. The lowest BCUT2D eigenvalue weighted by Crippen LogP contribution is -2.36. The molecule has 2 heterocycles. The van der Waals surface area contributed by atoms with Gasteiger partial charge >= 0.3 is 0 Å². The van der Waals surface area contributed by atoms with Crippen molar-refractivity contribution in [2.45, 2.75) is 19.3 Å². The number of rotatable bonds is 3. The van der Waals surface area contributed by atoms with Gasteiger partial charge in [0, 0.05) is 25.9 Å². The standard InChI is InChI=1S/C13H17N3O/c14-9-12-13(4-1-6-15-12)16-7-2-3-11(10-16)5-8-17/h1,4,6,11,17H,2-3,5,7-8,10H2. The number of aliphatic hydroxyl groups excluding tert-OH is 1. The fraction of sp³-hybridized carbons (Fsp3) is 0.538. The van der Waals surface area contributed by atoms with Crippen LogP contribution in [0.5, 0.6) is 0 Å². The second-order valence-corrected chi connectivity index (χ2v) is 4.45. The second kappa shape index (κ2) is 5.65. The summed E-state index contributed by atoms with van der Waals surface area (Å²) in [6.07, 6.45) is 4.78. The molecule has 1 unspecified atom stereocenters. The molecule has 1 atom stereocenters. The molecule has 0 aliphatic carbocycles. The van der Waals surface area contributed by atoms with Crippen molar-refractivity contribution in [3.8, 4) is 6.07 Å². The molecule has 1 aromatic rings. The first kappa shape index (κ1) is 11.9. The minimum Gasteiger partial charge on any atom is -0.396 e. The predicted octanol–water partition coefficient (Wildman–Crippen LogP) is 1.55. The lowest BCUT2D eigenvalue weighted by molar-refractivity contribution is 0.244. The third-order valence-electron chi connectivity index (χ3n) is 3.29. The number of hydrogen-bond acceptors (Lipinski definition) is 4. The summed E-state index contributed by atoms with van der Waals surface area (Å²) in [5, 5.41) is 18.0. The highest BCUT2D eigenvalue weighted by Crippen LogP contribution is 2.26. The molecule has 1 aliphatic heterocycles. The fourth-order valence-corrected chi connectivity index (χ4v) is 2.44. The molecule has 4 nitrogen and oxygen atoms in total. The summed E-state index contributed by atoms with van der Waals surface area (Å²) in [6, 6.07) is 5.96. The summed E-state index contributed by atoms with van der Waals surface area (Å²) in [5.41, 5.74) is 1.43. The lowest BCUT2D eigenvalue weighted by Gasteiger charge is -2.34. The van der Waals surface area contributed by atoms with E-state index < -0.39 is 0 Å². The van der Waals surface area contributed by atoms with Crippen LogP contribution in [0.4, 0.5) is 5.69 Å². The normalized spacial score (nSPS) is 20.0. The summed E-state index contributed by atoms with van der Waals surface area (Å²) in [7, 11) is 0. The molecule has 4 heteroatoms. The van der Waals surface area contributed by atoms with Crippen LogP contribution in [-0.2, 0) is 0 Å². The summed E-state index contributed by atoms with van der Waals surface area (Å²) >= 11 is 0. The van der Waals surface area contributed by atoms with Crippen molar-refractivity contribution in [2.24, 2.45) is 5.92 Å². The molecule has 2 rings (SSSR count). The van der Waals surface area contributed by atoms with Crippen LogP contribution in [0.1, 0.15) is 25.0 Å². The Morgan fingerprint density at radius 3 is 3.24 bits per heavy atom. The van der Waals surface area contributed by atoms with Crippen LogP contribution in [0, 0.1) is 17.2 Å². The van der Waals surface area contributed by atoms with Gasteiger partial charge in [-0.05, 0) is 37.3 Å². The van der Waals surface area contributed by atoms with Gasteiger partial charge in [0.05, 0.1) is 5.69 Å². The summed E-state index contributed by atoms with van der Waals surface area (Å²) < 4.78 is 0. The van der Waals surface area contributed by atoms with Crippen LogP contribution in [0.25, 0.3) is 0 Å². The Morgan fingerprint density at radius 2 is 2.47 bits per heavy atom. The van der Waals surface area contributed by atoms with Crippen molar-refractivity contribution in [2.75, 3.05) is 24.6 Å². The number of piperidine rings is 1. The molecule has 1 aromatic heterocycles. The van der Waals surface area contributed by atoms with E-state index in [1.807, 2.05) is 12.1 Å². The van der Waals surface area contributed by atoms with Crippen LogP contribution in [-0.4, -0.2) is 29.8 Å². The van der Waals surface area contributed by atoms with Gasteiger partial charge in [-0.1, -0.05) is 0 Å². The lowest BCUT2D eigenvalue weighted by atomic mass is 9.94. The molecule has 1 saturated heterocycles. The smallest absolute Gasteiger partial charge is 0.163 e. The molecule has 0 radical (unpaired) electrons. The third-order valence-corrected chi connectivity index (χ3v) is 3.29. The Bertz CT molecular complexity index is 411. The van der Waals surface area contributed by atoms with Crippen molar-refractivity contribution in [1.82, 2.24) is 4.98 Å². The maximum atomic E-state index is 9.04. The Balaban J connectivity index is 2.14. The number of nitrogens with zero attached hydrogens (tertiary/aromatic N) is 3. The topological polar surface area (TPSA) is 60.2 Å². The largest absolute Gasteiger partial charge is 0.396 e. The molecule has 0 aromatic carbocycles. The zero-order chi connectivity index (χ0) is 12.1. The predicted molar refractivity (Wildman–Crippen MR) is 65.6 cm³/mol. The van der Waals surface area contributed by atoms with Gasteiger partial charge in [-0.2, -0.15) is 5.26 Å². The van der Waals surface area contributed by atoms with E-state index in [9.17, 15) is 0 Å². The highest BCUT2D eigenvalue weighted by molar-refractivity contribution is 5.55. The highest BCUT2D eigenvalue weighted by Gasteiger charge is 2.21. The molecule has 90 valence electrons. The molecule has 0 saturated carbocycles. The molecule has 0 bridgehead atoms. The molecule has 1 fully saturated rings. The first-order valence-corrected chi connectivity index (χ1v) is 6.06. The van der Waals surface area contributed by atoms with Crippen LogP contribution < -0.4 is 4.90 Å². The average Bonchev–Trinajstić information content (AvgIpc) is 2.39. The zero-order valence-electron chi connectivity index (χ0n) is 9.84. The van der Waals surface area contributed by atoms with Gasteiger partial charge in [0.2, 0.25) is 0 Å². The fourth-order valence-electron chi connectivity index (χ4n) is 2.44. The maximum Gasteiger partial charge on any atom is 0.163 e. The van der Waals surface area contributed by atoms with E-state index in [4.69, 9.17) is 10.4 Å². The number of nitriles is 1. The van der Waals surface area contributed by atoms with Gasteiger partial charge in [-0.25, -0.2) is 4.98 Å². The third kappa shape index (κ3) is 2.75. The Morgan fingerprint density at radius 1 is 1.59 bits per heavy atom. The van der Waals surface area contributed by atoms with E-state index in [-0.39, 0.29) is 6.61 Å². The van der Waals surface area contributed by atoms with Crippen molar-refractivity contribution in [3.63, 3.8) is 0 Å². The van der Waals surface area contributed by atoms with Gasteiger partial charge in [-0.3, -0.25) is 0 Å². The Kier molecular flexibility index (Phi) is 3.94. The van der Waals surface area contributed by atoms with E-state index in [1.165, 1.54) is 6.42 Å². The maximum absolute atomic E-state index is 9.04. The van der Waals surface area contributed by atoms with Gasteiger partial charge < -0.3 is 10.0 Å². The van der Waals surface area contributed by atoms with Crippen molar-refractivity contribution < 1.29 is 5.11 Å². The molecule has 1 aliphatic rings. The molecular weight excluding hydrogens is 214 g/mol. The highest BCUT2D eigenvalue weighted by atomic mass is 16.3. The van der Waals surface area contributed by atoms with E-state index >= 15 is 0 Å². The zero-order valence-corrected chi connectivity index (χ0v) is 9.84. The summed E-state index contributed by atoms with van der Waals surface area (Å²) in [6.45, 7) is 2.14. The monoisotopic (exact) mass is 231 g/mol. The average molecular weight is 231 g/mol. The van der Waals surface area contributed by atoms with Gasteiger partial charge in [-0.15, -0.1) is 0 Å². The van der Waals surface area contributed by atoms with E-state index in [0.29, 0.717) is 11.6 Å². The number of pyridine rings is 1. The van der Waals surface area contributed by atoms with E-state index in [1.54, 1.807) is 6.20 Å². The van der Waals surface area contributed by atoms with Crippen LogP contribution in [0.15, 0.2) is 18.3 Å². The van der Waals surface area contributed by atoms with E-state index in [2.05, 4.69) is 16.0 Å². The summed E-state index contributed by atoms with van der Waals surface area (Å²) in [5.74, 6) is 0.528. The summed E-state index contributed by atoms with van der Waals surface area (Å²) in [4.78, 5) is 6.31. The number of anilines is 1. The minimum absolute atomic E-state index is 0.247. The molecule has 17 heavy (non-hydrogen) atoms. The van der Waals surface area contributed by atoms with Crippen LogP contribution >= 0.6 is 0 Å². The van der Waals surface area contributed by atoms with Crippen molar-refractivity contribution >= 4 is 5.69 Å². The first-order valence-electron chi connectivity index (χ1n) is 6.06. The molecule has 0 spiro atoms. The Labute approximate surface area is 102 Å². The number of hydrogen-bond donors (Lipinski definition) is 1. The van der Waals surface area contributed by atoms with Gasteiger partial charge in [0.25, 0.3) is 0 Å². The second-order valence-electron chi connectivity index (χ2n) is 4.45. The number of aromatic nitrogens is 1. The molecule has 0 amide bonds. The van der Waals surface area contributed by atoms with Gasteiger partial charge in [0.15, 0.2) is 5.69 Å². The van der Waals surface area contributed by atoms with E-state index in [0.717, 1.165) is 31.6 Å². The Hall–Kier alpha value is -1.60.